The minimum atomic E-state index is -1.71. The van der Waals surface area contributed by atoms with Crippen molar-refractivity contribution in [1.82, 2.24) is 5.32 Å². The van der Waals surface area contributed by atoms with Crippen LogP contribution in [0.2, 0.25) is 0 Å². The van der Waals surface area contributed by atoms with E-state index in [4.69, 9.17) is 24.1 Å². The summed E-state index contributed by atoms with van der Waals surface area (Å²) < 4.78 is 17.5. The maximum Gasteiger partial charge on any atom is 0.329 e. The molecule has 0 aromatic rings. The van der Waals surface area contributed by atoms with E-state index in [0.29, 0.717) is 0 Å². The van der Waals surface area contributed by atoms with Crippen molar-refractivity contribution in [2.75, 3.05) is 33.0 Å². The van der Waals surface area contributed by atoms with Crippen molar-refractivity contribution in [3.05, 3.63) is 0 Å². The quantitative estimate of drug-likeness (QED) is 0.158. The third-order valence-corrected chi connectivity index (χ3v) is 4.73. The number of alkyl halides is 3. The second-order valence-corrected chi connectivity index (χ2v) is 14.8. The van der Waals surface area contributed by atoms with Gasteiger partial charge in [0.2, 0.25) is 5.91 Å². The Kier molecular flexibility index (Phi) is 12.7. The van der Waals surface area contributed by atoms with E-state index < -0.39 is 81.3 Å². The number of carbonyl (C=O) groups is 5. The number of carboxylic acids is 1. The van der Waals surface area contributed by atoms with Gasteiger partial charge in [-0.2, -0.15) is 0 Å². The third-order valence-electron chi connectivity index (χ3n) is 3.76. The van der Waals surface area contributed by atoms with Gasteiger partial charge < -0.3 is 29.4 Å². The van der Waals surface area contributed by atoms with Crippen LogP contribution in [0, 0.1) is 0 Å². The van der Waals surface area contributed by atoms with Crippen molar-refractivity contribution in [3.8, 4) is 0 Å². The fourth-order valence-corrected chi connectivity index (χ4v) is 2.27. The molecule has 0 atom stereocenters. The van der Waals surface area contributed by atoms with E-state index in [9.17, 15) is 24.0 Å². The first-order chi connectivity index (χ1) is 15.2. The van der Waals surface area contributed by atoms with Gasteiger partial charge in [-0.05, 0) is 41.5 Å². The second kappa shape index (κ2) is 13.2. The molecule has 0 aliphatic rings. The van der Waals surface area contributed by atoms with Gasteiger partial charge in [0.15, 0.2) is 0 Å². The lowest BCUT2D eigenvalue weighted by atomic mass is 10.0. The molecule has 0 bridgehead atoms. The highest BCUT2D eigenvalue weighted by Gasteiger charge is 2.41. The van der Waals surface area contributed by atoms with Gasteiger partial charge in [-0.15, -0.1) is 0 Å². The number of amides is 1. The number of esters is 3. The number of nitrogens with one attached hydrogen (secondary N) is 1. The molecule has 0 saturated carbocycles. The highest BCUT2D eigenvalue weighted by atomic mass is 79.9. The van der Waals surface area contributed by atoms with E-state index in [0.717, 1.165) is 0 Å². The normalized spacial score (nSPS) is 12.5. The van der Waals surface area contributed by atoms with E-state index in [1.165, 1.54) is 41.5 Å². The van der Waals surface area contributed by atoms with Gasteiger partial charge in [0.05, 0.1) is 0 Å². The smallest absolute Gasteiger partial charge is 0.329 e. The van der Waals surface area contributed by atoms with Gasteiger partial charge in [-0.3, -0.25) is 19.2 Å². The topological polar surface area (TPSA) is 155 Å². The largest absolute Gasteiger partial charge is 0.480 e. The summed E-state index contributed by atoms with van der Waals surface area (Å²) in [6, 6.07) is 0. The molecule has 0 unspecified atom stereocenters. The number of hydrogen-bond acceptors (Lipinski definition) is 9. The molecule has 0 heterocycles. The zero-order valence-electron chi connectivity index (χ0n) is 19.8. The first-order valence-corrected chi connectivity index (χ1v) is 12.3. The van der Waals surface area contributed by atoms with Crippen LogP contribution in [0.15, 0.2) is 0 Å². The standard InChI is InChI=1S/C20H30Br3NO10/c1-17(2,21)14(28)32-9-20(10-33-15(29)18(3,4)22,11-34-16(30)19(5,6)23)24-12(25)7-31-8-13(26)27/h7-11H2,1-6H3,(H,24,25)(H,26,27). The summed E-state index contributed by atoms with van der Waals surface area (Å²) in [7, 11) is 0. The minimum absolute atomic E-state index is 0.544. The van der Waals surface area contributed by atoms with Crippen molar-refractivity contribution in [3.63, 3.8) is 0 Å². The van der Waals surface area contributed by atoms with Crippen molar-refractivity contribution in [2.45, 2.75) is 60.1 Å². The summed E-state index contributed by atoms with van der Waals surface area (Å²) in [4.78, 5) is 60.1. The first-order valence-electron chi connectivity index (χ1n) is 9.88. The first kappa shape index (κ1) is 32.8. The molecule has 0 saturated heterocycles. The number of aliphatic carboxylic acids is 1. The Morgan fingerprint density at radius 1 is 0.676 bits per heavy atom. The molecule has 14 heteroatoms. The van der Waals surface area contributed by atoms with E-state index >= 15 is 0 Å². The Labute approximate surface area is 223 Å². The number of hydrogen-bond donors (Lipinski definition) is 2. The number of carboxylic acid groups (broad SMARTS) is 1. The van der Waals surface area contributed by atoms with Crippen LogP contribution in [0.4, 0.5) is 0 Å². The zero-order valence-corrected chi connectivity index (χ0v) is 24.5. The molecule has 0 spiro atoms. The third kappa shape index (κ3) is 13.0. The predicted molar refractivity (Wildman–Crippen MR) is 131 cm³/mol. The van der Waals surface area contributed by atoms with Crippen LogP contribution in [-0.4, -0.2) is 86.4 Å². The molecule has 0 aliphatic heterocycles. The average Bonchev–Trinajstić information content (AvgIpc) is 2.65. The Bertz CT molecular complexity index is 692. The number of ether oxygens (including phenoxy) is 4. The second-order valence-electron chi connectivity index (χ2n) is 8.86. The average molecular weight is 684 g/mol. The maximum atomic E-state index is 12.5. The monoisotopic (exact) mass is 681 g/mol. The van der Waals surface area contributed by atoms with Crippen LogP contribution < -0.4 is 5.32 Å². The highest BCUT2D eigenvalue weighted by Crippen LogP contribution is 2.23. The molecular weight excluding hydrogens is 654 g/mol. The summed E-state index contributed by atoms with van der Waals surface area (Å²) in [5.41, 5.74) is -1.71. The fourth-order valence-electron chi connectivity index (χ4n) is 1.92. The van der Waals surface area contributed by atoms with Crippen LogP contribution in [0.5, 0.6) is 0 Å². The molecular formula is C20H30Br3NO10. The molecule has 0 radical (unpaired) electrons. The Balaban J connectivity index is 5.93. The molecule has 0 fully saturated rings. The summed E-state index contributed by atoms with van der Waals surface area (Å²) in [5, 5.41) is 11.2. The van der Waals surface area contributed by atoms with Gasteiger partial charge in [-0.25, -0.2) is 4.79 Å². The highest BCUT2D eigenvalue weighted by molar-refractivity contribution is 9.10. The van der Waals surface area contributed by atoms with E-state index in [-0.39, 0.29) is 0 Å². The van der Waals surface area contributed by atoms with Gasteiger partial charge in [-0.1, -0.05) is 47.8 Å². The molecule has 0 rings (SSSR count). The van der Waals surface area contributed by atoms with Gasteiger partial charge in [0.1, 0.15) is 51.5 Å². The van der Waals surface area contributed by atoms with Gasteiger partial charge in [0.25, 0.3) is 0 Å². The van der Waals surface area contributed by atoms with Crippen molar-refractivity contribution < 1.29 is 48.0 Å². The molecule has 1 amide bonds. The Hall–Kier alpha value is -1.25. The van der Waals surface area contributed by atoms with Crippen LogP contribution in [0.3, 0.4) is 0 Å². The molecule has 0 aromatic carbocycles. The van der Waals surface area contributed by atoms with Crippen LogP contribution in [0.1, 0.15) is 41.5 Å². The molecule has 11 nitrogen and oxygen atoms in total. The van der Waals surface area contributed by atoms with E-state index in [2.05, 4.69) is 53.1 Å². The molecule has 196 valence electrons. The van der Waals surface area contributed by atoms with Gasteiger partial charge in [0, 0.05) is 0 Å². The molecule has 0 aromatic heterocycles. The maximum absolute atomic E-state index is 12.5. The van der Waals surface area contributed by atoms with Crippen molar-refractivity contribution in [2.24, 2.45) is 0 Å². The predicted octanol–water partition coefficient (Wildman–Crippen LogP) is 2.09. The fraction of sp³-hybridized carbons (Fsp3) is 0.750. The Morgan fingerprint density at radius 3 is 1.26 bits per heavy atom. The SMILES string of the molecule is CC(C)(Br)C(=O)OCC(COC(=O)C(C)(C)Br)(COC(=O)C(C)(C)Br)NC(=O)COCC(=O)O. The van der Waals surface area contributed by atoms with Crippen molar-refractivity contribution >= 4 is 77.6 Å². The van der Waals surface area contributed by atoms with Crippen LogP contribution >= 0.6 is 47.8 Å². The minimum Gasteiger partial charge on any atom is -0.480 e. The van der Waals surface area contributed by atoms with Gasteiger partial charge >= 0.3 is 23.9 Å². The van der Waals surface area contributed by atoms with E-state index in [1.807, 2.05) is 0 Å². The molecule has 34 heavy (non-hydrogen) atoms. The summed E-state index contributed by atoms with van der Waals surface area (Å²) in [6.07, 6.45) is 0. The van der Waals surface area contributed by atoms with Crippen molar-refractivity contribution in [1.29, 1.82) is 0 Å². The summed E-state index contributed by atoms with van der Waals surface area (Å²) >= 11 is 9.50. The lowest BCUT2D eigenvalue weighted by Crippen LogP contribution is -2.61. The number of halogens is 3. The lowest BCUT2D eigenvalue weighted by molar-refractivity contribution is -0.162. The summed E-state index contributed by atoms with van der Waals surface area (Å²) in [5.74, 6) is -4.21. The molecule has 2 N–H and O–H groups in total. The Morgan fingerprint density at radius 2 is 1.00 bits per heavy atom. The van der Waals surface area contributed by atoms with E-state index in [1.54, 1.807) is 0 Å². The number of rotatable bonds is 14. The van der Waals surface area contributed by atoms with Crippen LogP contribution in [0.25, 0.3) is 0 Å². The molecule has 0 aliphatic carbocycles. The zero-order chi connectivity index (χ0) is 27.0. The summed E-state index contributed by atoms with van der Waals surface area (Å²) in [6.45, 7) is 6.20. The van der Waals surface area contributed by atoms with Crippen LogP contribution in [-0.2, 0) is 42.9 Å². The number of carbonyl (C=O) groups excluding carboxylic acids is 4. The lowest BCUT2D eigenvalue weighted by Gasteiger charge is -2.35.